The zero-order valence-corrected chi connectivity index (χ0v) is 7.51. The molecule has 0 atom stereocenters. The van der Waals surface area contributed by atoms with E-state index in [0.29, 0.717) is 0 Å². The van der Waals surface area contributed by atoms with Gasteiger partial charge in [-0.05, 0) is 0 Å². The fraction of sp³-hybridized carbons (Fsp3) is 0. The van der Waals surface area contributed by atoms with Crippen molar-refractivity contribution < 1.29 is 0 Å². The number of aromatic nitrogens is 3. The highest BCUT2D eigenvalue weighted by Crippen LogP contribution is 1.94. The number of rotatable bonds is 1. The Hall–Kier alpha value is -2.17. The summed E-state index contributed by atoms with van der Waals surface area (Å²) in [6.07, 6.45) is 3.17. The first-order valence-corrected chi connectivity index (χ1v) is 4.00. The van der Waals surface area contributed by atoms with Gasteiger partial charge in [0.2, 0.25) is 0 Å². The summed E-state index contributed by atoms with van der Waals surface area (Å²) in [5.41, 5.74) is 5.97. The first kappa shape index (κ1) is 9.91. The van der Waals surface area contributed by atoms with Gasteiger partial charge in [0.1, 0.15) is 5.84 Å². The number of benzene rings is 1. The summed E-state index contributed by atoms with van der Waals surface area (Å²) >= 11 is 0. The Morgan fingerprint density at radius 2 is 1.71 bits per heavy atom. The van der Waals surface area contributed by atoms with E-state index in [0.717, 1.165) is 5.56 Å². The SMILES string of the molecule is N=C(N)c1ccccc1.c1cn[nH]n1. The average Bonchev–Trinajstić information content (AvgIpc) is 2.77. The van der Waals surface area contributed by atoms with E-state index in [4.69, 9.17) is 11.1 Å². The van der Waals surface area contributed by atoms with Gasteiger partial charge in [-0.1, -0.05) is 30.3 Å². The molecule has 0 radical (unpaired) electrons. The average molecular weight is 189 g/mol. The smallest absolute Gasteiger partial charge is 0.122 e. The Bertz CT molecular complexity index is 337. The van der Waals surface area contributed by atoms with Crippen LogP contribution < -0.4 is 5.73 Å². The van der Waals surface area contributed by atoms with Crippen LogP contribution in [0.25, 0.3) is 0 Å². The Morgan fingerprint density at radius 1 is 1.14 bits per heavy atom. The molecule has 72 valence electrons. The fourth-order valence-corrected chi connectivity index (χ4v) is 0.784. The lowest BCUT2D eigenvalue weighted by molar-refractivity contribution is 0.940. The minimum Gasteiger partial charge on any atom is -0.384 e. The second-order valence-electron chi connectivity index (χ2n) is 2.44. The minimum atomic E-state index is 0.121. The van der Waals surface area contributed by atoms with Gasteiger partial charge in [-0.3, -0.25) is 5.41 Å². The number of nitrogen functional groups attached to an aromatic ring is 1. The van der Waals surface area contributed by atoms with E-state index >= 15 is 0 Å². The molecule has 0 saturated heterocycles. The van der Waals surface area contributed by atoms with E-state index in [1.807, 2.05) is 30.3 Å². The summed E-state index contributed by atoms with van der Waals surface area (Å²) < 4.78 is 0. The van der Waals surface area contributed by atoms with Crippen LogP contribution in [0.1, 0.15) is 5.56 Å². The Morgan fingerprint density at radius 3 is 2.00 bits per heavy atom. The first-order chi connectivity index (χ1) is 6.80. The molecule has 0 aliphatic carbocycles. The van der Waals surface area contributed by atoms with Crippen LogP contribution in [0.2, 0.25) is 0 Å². The third kappa shape index (κ3) is 3.48. The van der Waals surface area contributed by atoms with Gasteiger partial charge in [-0.15, -0.1) is 0 Å². The van der Waals surface area contributed by atoms with E-state index in [1.54, 1.807) is 12.4 Å². The van der Waals surface area contributed by atoms with Gasteiger partial charge >= 0.3 is 0 Å². The zero-order valence-electron chi connectivity index (χ0n) is 7.51. The van der Waals surface area contributed by atoms with E-state index in [1.165, 1.54) is 0 Å². The Kier molecular flexibility index (Phi) is 3.87. The summed E-state index contributed by atoms with van der Waals surface area (Å²) in [4.78, 5) is 0. The maximum absolute atomic E-state index is 7.01. The molecule has 1 heterocycles. The molecule has 14 heavy (non-hydrogen) atoms. The van der Waals surface area contributed by atoms with Gasteiger partial charge in [0.05, 0.1) is 12.4 Å². The highest BCUT2D eigenvalue weighted by molar-refractivity contribution is 5.94. The van der Waals surface area contributed by atoms with Crippen LogP contribution in [0.4, 0.5) is 0 Å². The van der Waals surface area contributed by atoms with E-state index in [2.05, 4.69) is 15.4 Å². The second-order valence-corrected chi connectivity index (χ2v) is 2.44. The van der Waals surface area contributed by atoms with Crippen molar-refractivity contribution in [1.29, 1.82) is 5.41 Å². The zero-order chi connectivity index (χ0) is 10.2. The van der Waals surface area contributed by atoms with Crippen molar-refractivity contribution in [2.24, 2.45) is 5.73 Å². The number of H-pyrrole nitrogens is 1. The van der Waals surface area contributed by atoms with E-state index in [-0.39, 0.29) is 5.84 Å². The van der Waals surface area contributed by atoms with Crippen molar-refractivity contribution in [2.75, 3.05) is 0 Å². The molecule has 1 aromatic heterocycles. The summed E-state index contributed by atoms with van der Waals surface area (Å²) in [6.45, 7) is 0. The maximum atomic E-state index is 7.01. The molecule has 4 N–H and O–H groups in total. The number of amidine groups is 1. The molecule has 2 rings (SSSR count). The molecule has 0 fully saturated rings. The number of hydrogen-bond acceptors (Lipinski definition) is 3. The number of hydrogen-bond donors (Lipinski definition) is 3. The normalized spacial score (nSPS) is 8.57. The van der Waals surface area contributed by atoms with Crippen LogP contribution in [0.5, 0.6) is 0 Å². The maximum Gasteiger partial charge on any atom is 0.122 e. The molecule has 0 amide bonds. The number of nitrogens with zero attached hydrogens (tertiary/aromatic N) is 2. The van der Waals surface area contributed by atoms with Crippen LogP contribution in [0, 0.1) is 5.41 Å². The van der Waals surface area contributed by atoms with Crippen molar-refractivity contribution >= 4 is 5.84 Å². The summed E-state index contributed by atoms with van der Waals surface area (Å²) in [6, 6.07) is 9.23. The topological polar surface area (TPSA) is 91.4 Å². The predicted octanol–water partition coefficient (Wildman–Crippen LogP) is 0.775. The standard InChI is InChI=1S/C7H8N2.C2H3N3/c8-7(9)6-4-2-1-3-5-6;1-2-4-5-3-1/h1-5H,(H3,8,9);1-2H,(H,3,4,5). The molecule has 0 saturated carbocycles. The lowest BCUT2D eigenvalue weighted by atomic mass is 10.2. The quantitative estimate of drug-likeness (QED) is 0.457. The van der Waals surface area contributed by atoms with Crippen molar-refractivity contribution in [1.82, 2.24) is 15.4 Å². The number of nitrogens with one attached hydrogen (secondary N) is 2. The molecule has 1 aromatic carbocycles. The van der Waals surface area contributed by atoms with Gasteiger partial charge < -0.3 is 5.73 Å². The highest BCUT2D eigenvalue weighted by Gasteiger charge is 1.89. The lowest BCUT2D eigenvalue weighted by Crippen LogP contribution is -2.10. The largest absolute Gasteiger partial charge is 0.384 e. The minimum absolute atomic E-state index is 0.121. The fourth-order valence-electron chi connectivity index (χ4n) is 0.784. The molecular weight excluding hydrogens is 178 g/mol. The summed E-state index contributed by atoms with van der Waals surface area (Å²) in [7, 11) is 0. The molecule has 0 spiro atoms. The molecule has 5 nitrogen and oxygen atoms in total. The molecule has 0 unspecified atom stereocenters. The first-order valence-electron chi connectivity index (χ1n) is 4.00. The molecule has 0 aliphatic rings. The van der Waals surface area contributed by atoms with Gasteiger partial charge in [0.25, 0.3) is 0 Å². The van der Waals surface area contributed by atoms with Gasteiger partial charge in [-0.2, -0.15) is 15.4 Å². The second kappa shape index (κ2) is 5.47. The Labute approximate surface area is 81.5 Å². The van der Waals surface area contributed by atoms with Crippen LogP contribution in [0.15, 0.2) is 42.7 Å². The van der Waals surface area contributed by atoms with Gasteiger partial charge in [0, 0.05) is 5.56 Å². The summed E-state index contributed by atoms with van der Waals surface area (Å²) in [5.74, 6) is 0.121. The van der Waals surface area contributed by atoms with Crippen LogP contribution in [0.3, 0.4) is 0 Å². The number of nitrogens with two attached hydrogens (primary N) is 1. The van der Waals surface area contributed by atoms with E-state index < -0.39 is 0 Å². The van der Waals surface area contributed by atoms with Crippen molar-refractivity contribution in [3.63, 3.8) is 0 Å². The number of aromatic amines is 1. The van der Waals surface area contributed by atoms with E-state index in [9.17, 15) is 0 Å². The molecule has 0 aliphatic heterocycles. The molecule has 0 bridgehead atoms. The molecule has 2 aromatic rings. The van der Waals surface area contributed by atoms with Crippen molar-refractivity contribution in [3.8, 4) is 0 Å². The van der Waals surface area contributed by atoms with Crippen LogP contribution in [-0.4, -0.2) is 21.2 Å². The summed E-state index contributed by atoms with van der Waals surface area (Å²) in [5, 5.41) is 16.3. The highest BCUT2D eigenvalue weighted by atomic mass is 15.3. The lowest BCUT2D eigenvalue weighted by Gasteiger charge is -1.93. The van der Waals surface area contributed by atoms with Crippen LogP contribution >= 0.6 is 0 Å². The molecular formula is C9H11N5. The predicted molar refractivity (Wildman–Crippen MR) is 53.8 cm³/mol. The third-order valence-corrected chi connectivity index (χ3v) is 1.42. The van der Waals surface area contributed by atoms with Gasteiger partial charge in [-0.25, -0.2) is 0 Å². The monoisotopic (exact) mass is 189 g/mol. The van der Waals surface area contributed by atoms with Crippen LogP contribution in [-0.2, 0) is 0 Å². The van der Waals surface area contributed by atoms with Crippen molar-refractivity contribution in [3.05, 3.63) is 48.3 Å². The molecule has 5 heteroatoms. The third-order valence-electron chi connectivity index (χ3n) is 1.42. The van der Waals surface area contributed by atoms with Crippen molar-refractivity contribution in [2.45, 2.75) is 0 Å². The van der Waals surface area contributed by atoms with Gasteiger partial charge in [0.15, 0.2) is 0 Å². The Balaban J connectivity index is 0.000000165.